The van der Waals surface area contributed by atoms with E-state index in [1.807, 2.05) is 6.92 Å². The number of halogens is 2. The third-order valence-electron chi connectivity index (χ3n) is 7.77. The van der Waals surface area contributed by atoms with Gasteiger partial charge in [-0.2, -0.15) is 0 Å². The molecule has 0 aromatic heterocycles. The lowest BCUT2D eigenvalue weighted by atomic mass is 10.0. The van der Waals surface area contributed by atoms with E-state index in [0.29, 0.717) is 18.5 Å². The molecule has 0 heterocycles. The van der Waals surface area contributed by atoms with Gasteiger partial charge >= 0.3 is 0 Å². The smallest absolute Gasteiger partial charge is 0.273 e. The third kappa shape index (κ3) is 8.92. The van der Waals surface area contributed by atoms with Crippen molar-refractivity contribution in [3.05, 3.63) is 129 Å². The molecule has 14 heteroatoms. The van der Waals surface area contributed by atoms with Gasteiger partial charge in [-0.25, -0.2) is 12.8 Å². The zero-order valence-electron chi connectivity index (χ0n) is 27.1. The predicted octanol–water partition coefficient (Wildman–Crippen LogP) is 6.07. The number of ether oxygens (including phenoxy) is 1. The first-order valence-electron chi connectivity index (χ1n) is 15.3. The van der Waals surface area contributed by atoms with Crippen LogP contribution in [0.4, 0.5) is 15.8 Å². The van der Waals surface area contributed by atoms with E-state index in [1.54, 1.807) is 36.4 Å². The fourth-order valence-electron chi connectivity index (χ4n) is 5.18. The van der Waals surface area contributed by atoms with Gasteiger partial charge in [0.2, 0.25) is 11.8 Å². The molecule has 49 heavy (non-hydrogen) atoms. The Labute approximate surface area is 289 Å². The van der Waals surface area contributed by atoms with Crippen LogP contribution in [0.1, 0.15) is 30.0 Å². The number of carbonyl (C=O) groups is 2. The number of nitro groups is 1. The molecule has 0 spiro atoms. The van der Waals surface area contributed by atoms with Crippen molar-refractivity contribution >= 4 is 44.8 Å². The summed E-state index contributed by atoms with van der Waals surface area (Å²) in [4.78, 5) is 40.0. The van der Waals surface area contributed by atoms with Crippen molar-refractivity contribution in [3.63, 3.8) is 0 Å². The number of amides is 2. The van der Waals surface area contributed by atoms with Crippen molar-refractivity contribution < 1.29 is 32.1 Å². The Morgan fingerprint density at radius 1 is 1.02 bits per heavy atom. The predicted molar refractivity (Wildman–Crippen MR) is 185 cm³/mol. The summed E-state index contributed by atoms with van der Waals surface area (Å²) in [6.45, 7) is 2.36. The van der Waals surface area contributed by atoms with Gasteiger partial charge < -0.3 is 15.0 Å². The highest BCUT2D eigenvalue weighted by Gasteiger charge is 2.36. The Morgan fingerprint density at radius 2 is 1.71 bits per heavy atom. The second kappa shape index (κ2) is 16.4. The van der Waals surface area contributed by atoms with Gasteiger partial charge in [0.1, 0.15) is 24.2 Å². The molecule has 0 aliphatic heterocycles. The van der Waals surface area contributed by atoms with Gasteiger partial charge in [0.15, 0.2) is 0 Å². The van der Waals surface area contributed by atoms with E-state index in [9.17, 15) is 28.1 Å². The number of methoxy groups -OCH3 is 1. The largest absolute Gasteiger partial charge is 0.495 e. The number of rotatable bonds is 15. The third-order valence-corrected chi connectivity index (χ3v) is 9.76. The maximum atomic E-state index is 15.1. The highest BCUT2D eigenvalue weighted by atomic mass is 35.5. The van der Waals surface area contributed by atoms with Crippen LogP contribution in [0, 0.1) is 22.9 Å². The van der Waals surface area contributed by atoms with Gasteiger partial charge in [-0.1, -0.05) is 73.1 Å². The van der Waals surface area contributed by atoms with Gasteiger partial charge in [-0.3, -0.25) is 24.0 Å². The monoisotopic (exact) mass is 710 g/mol. The Bertz CT molecular complexity index is 1930. The molecule has 0 fully saturated rings. The molecule has 0 saturated carbocycles. The van der Waals surface area contributed by atoms with Gasteiger partial charge in [-0.15, -0.1) is 0 Å². The average Bonchev–Trinajstić information content (AvgIpc) is 3.08. The van der Waals surface area contributed by atoms with Crippen molar-refractivity contribution in [2.45, 2.75) is 44.2 Å². The van der Waals surface area contributed by atoms with Crippen molar-refractivity contribution in [1.82, 2.24) is 10.2 Å². The maximum Gasteiger partial charge on any atom is 0.273 e. The first kappa shape index (κ1) is 36.8. The van der Waals surface area contributed by atoms with E-state index < -0.39 is 55.7 Å². The molecule has 0 radical (unpaired) electrons. The van der Waals surface area contributed by atoms with Crippen LogP contribution in [0.15, 0.2) is 95.9 Å². The van der Waals surface area contributed by atoms with Crippen molar-refractivity contribution in [1.29, 1.82) is 0 Å². The van der Waals surface area contributed by atoms with E-state index in [-0.39, 0.29) is 40.6 Å². The summed E-state index contributed by atoms with van der Waals surface area (Å²) in [5.74, 6) is -1.97. The molecule has 0 aliphatic carbocycles. The quantitative estimate of drug-likeness (QED) is 0.117. The Balaban J connectivity index is 1.89. The molecule has 0 aliphatic rings. The Hall–Kier alpha value is -5.01. The molecule has 4 rings (SSSR count). The maximum absolute atomic E-state index is 15.1. The lowest BCUT2D eigenvalue weighted by Gasteiger charge is -2.34. The summed E-state index contributed by atoms with van der Waals surface area (Å²) in [5, 5.41) is 14.7. The highest BCUT2D eigenvalue weighted by Crippen LogP contribution is 2.36. The van der Waals surface area contributed by atoms with Crippen LogP contribution < -0.4 is 14.4 Å². The fraction of sp³-hybridized carbons (Fsp3) is 0.257. The van der Waals surface area contributed by atoms with E-state index in [2.05, 4.69) is 5.32 Å². The zero-order valence-corrected chi connectivity index (χ0v) is 28.7. The molecule has 11 nitrogen and oxygen atoms in total. The van der Waals surface area contributed by atoms with E-state index in [0.717, 1.165) is 15.3 Å². The minimum Gasteiger partial charge on any atom is -0.495 e. The SMILES string of the molecule is CCCNC(=O)C(Cc1ccccc1)N(Cc1ccccc1F)C(=O)CN(c1cc(Cl)ccc1OC)S(=O)(=O)c1ccc(C)c([N+](=O)[O-])c1. The summed E-state index contributed by atoms with van der Waals surface area (Å²) in [5.41, 5.74) is 0.457. The number of anilines is 1. The van der Waals surface area contributed by atoms with Crippen molar-refractivity contribution in [3.8, 4) is 5.75 Å². The number of carbonyl (C=O) groups excluding carboxylic acids is 2. The fourth-order valence-corrected chi connectivity index (χ4v) is 6.78. The molecule has 1 N–H and O–H groups in total. The molecule has 4 aromatic rings. The van der Waals surface area contributed by atoms with Crippen LogP contribution >= 0.6 is 11.6 Å². The van der Waals surface area contributed by atoms with Crippen LogP contribution in [0.2, 0.25) is 5.02 Å². The number of nitrogens with one attached hydrogen (secondary N) is 1. The molecule has 1 unspecified atom stereocenters. The normalized spacial score (nSPS) is 11.8. The number of nitro benzene ring substituents is 1. The standard InChI is InChI=1S/C35H36ClFN4O7S/c1-4-18-38-35(43)32(19-25-10-6-5-7-11-25)39(22-26-12-8-9-13-29(26)37)34(42)23-40(31-20-27(36)15-17-33(31)48-3)49(46,47)28-16-14-24(2)30(21-28)41(44)45/h5-17,20-21,32H,4,18-19,22-23H2,1-3H3,(H,38,43). The number of hydrogen-bond donors (Lipinski definition) is 1. The Morgan fingerprint density at radius 3 is 2.37 bits per heavy atom. The molecule has 0 saturated heterocycles. The lowest BCUT2D eigenvalue weighted by Crippen LogP contribution is -2.53. The summed E-state index contributed by atoms with van der Waals surface area (Å²) in [6.07, 6.45) is 0.641. The summed E-state index contributed by atoms with van der Waals surface area (Å²) in [7, 11) is -3.44. The second-order valence-electron chi connectivity index (χ2n) is 11.1. The van der Waals surface area contributed by atoms with Crippen LogP contribution in [-0.4, -0.2) is 56.3 Å². The highest BCUT2D eigenvalue weighted by molar-refractivity contribution is 7.92. The van der Waals surface area contributed by atoms with Gasteiger partial charge in [0, 0.05) is 41.7 Å². The number of aryl methyl sites for hydroxylation is 1. The number of sulfonamides is 1. The molecule has 2 amide bonds. The summed E-state index contributed by atoms with van der Waals surface area (Å²) < 4.78 is 50.1. The van der Waals surface area contributed by atoms with Gasteiger partial charge in [-0.05, 0) is 49.2 Å². The minimum atomic E-state index is -4.74. The van der Waals surface area contributed by atoms with E-state index in [1.165, 1.54) is 62.6 Å². The van der Waals surface area contributed by atoms with E-state index >= 15 is 4.39 Å². The van der Waals surface area contributed by atoms with Crippen LogP contribution in [-0.2, 0) is 32.6 Å². The van der Waals surface area contributed by atoms with Crippen LogP contribution in [0.3, 0.4) is 0 Å². The average molecular weight is 711 g/mol. The minimum absolute atomic E-state index is 0.0320. The molecule has 4 aromatic carbocycles. The van der Waals surface area contributed by atoms with Gasteiger partial charge in [0.05, 0.1) is 22.6 Å². The Kier molecular flexibility index (Phi) is 12.3. The van der Waals surface area contributed by atoms with Crippen LogP contribution in [0.25, 0.3) is 0 Å². The van der Waals surface area contributed by atoms with E-state index in [4.69, 9.17) is 16.3 Å². The van der Waals surface area contributed by atoms with Crippen molar-refractivity contribution in [2.24, 2.45) is 0 Å². The first-order chi connectivity index (χ1) is 23.4. The topological polar surface area (TPSA) is 139 Å². The number of benzene rings is 4. The summed E-state index contributed by atoms with van der Waals surface area (Å²) in [6, 6.07) is 21.0. The molecule has 258 valence electrons. The molecule has 1 atom stereocenters. The molecule has 0 bridgehead atoms. The first-order valence-corrected chi connectivity index (χ1v) is 17.1. The zero-order chi connectivity index (χ0) is 35.7. The number of nitrogens with zero attached hydrogens (tertiary/aromatic N) is 3. The lowest BCUT2D eigenvalue weighted by molar-refractivity contribution is -0.385. The molecular weight excluding hydrogens is 675 g/mol. The van der Waals surface area contributed by atoms with Gasteiger partial charge in [0.25, 0.3) is 15.7 Å². The number of hydrogen-bond acceptors (Lipinski definition) is 7. The summed E-state index contributed by atoms with van der Waals surface area (Å²) >= 11 is 6.30. The molecular formula is C35H36ClFN4O7S. The second-order valence-corrected chi connectivity index (χ2v) is 13.4. The van der Waals surface area contributed by atoms with Crippen LogP contribution in [0.5, 0.6) is 5.75 Å². The van der Waals surface area contributed by atoms with Crippen molar-refractivity contribution in [2.75, 3.05) is 24.5 Å².